The van der Waals surface area contributed by atoms with E-state index in [0.29, 0.717) is 30.9 Å². The maximum Gasteiger partial charge on any atom is 0.274 e. The molecule has 2 amide bonds. The van der Waals surface area contributed by atoms with Crippen LogP contribution < -0.4 is 5.32 Å². The van der Waals surface area contributed by atoms with Gasteiger partial charge in [0.1, 0.15) is 0 Å². The van der Waals surface area contributed by atoms with Gasteiger partial charge in [-0.15, -0.1) is 5.10 Å². The van der Waals surface area contributed by atoms with Crippen molar-refractivity contribution in [1.29, 1.82) is 0 Å². The van der Waals surface area contributed by atoms with Crippen molar-refractivity contribution in [2.24, 2.45) is 0 Å². The van der Waals surface area contributed by atoms with Crippen molar-refractivity contribution in [3.63, 3.8) is 0 Å². The molecule has 1 unspecified atom stereocenters. The van der Waals surface area contributed by atoms with E-state index in [1.807, 2.05) is 41.8 Å². The summed E-state index contributed by atoms with van der Waals surface area (Å²) < 4.78 is 0. The Kier molecular flexibility index (Phi) is 5.22. The third-order valence-electron chi connectivity index (χ3n) is 6.03. The summed E-state index contributed by atoms with van der Waals surface area (Å²) in [7, 11) is 0. The summed E-state index contributed by atoms with van der Waals surface area (Å²) in [6.45, 7) is 6.70. The molecule has 152 valence electrons. The van der Waals surface area contributed by atoms with Crippen molar-refractivity contribution in [3.05, 3.63) is 53.3 Å². The molecule has 0 bridgehead atoms. The summed E-state index contributed by atoms with van der Waals surface area (Å²) in [6.07, 6.45) is 4.22. The Hall–Kier alpha value is -2.96. The third kappa shape index (κ3) is 3.57. The molecular formula is C22H27N5O2. The van der Waals surface area contributed by atoms with Crippen molar-refractivity contribution in [3.8, 4) is 0 Å². The second-order valence-electron chi connectivity index (χ2n) is 7.95. The van der Waals surface area contributed by atoms with Crippen LogP contribution in [0.25, 0.3) is 0 Å². The van der Waals surface area contributed by atoms with E-state index in [4.69, 9.17) is 0 Å². The Balaban J connectivity index is 1.56. The Labute approximate surface area is 171 Å². The van der Waals surface area contributed by atoms with Gasteiger partial charge < -0.3 is 15.1 Å². The summed E-state index contributed by atoms with van der Waals surface area (Å²) >= 11 is 0. The van der Waals surface area contributed by atoms with Gasteiger partial charge in [0.25, 0.3) is 11.8 Å². The monoisotopic (exact) mass is 393 g/mol. The van der Waals surface area contributed by atoms with Crippen LogP contribution in [0.4, 0.5) is 5.69 Å². The van der Waals surface area contributed by atoms with Gasteiger partial charge in [0, 0.05) is 38.1 Å². The lowest BCUT2D eigenvalue weighted by molar-refractivity contribution is 0.0573. The summed E-state index contributed by atoms with van der Waals surface area (Å²) in [4.78, 5) is 30.2. The molecular weight excluding hydrogens is 366 g/mol. The molecule has 2 aromatic rings. The molecule has 3 heterocycles. The smallest absolute Gasteiger partial charge is 0.274 e. The Bertz CT molecular complexity index is 917. The number of benzene rings is 1. The predicted octanol–water partition coefficient (Wildman–Crippen LogP) is 2.74. The molecule has 2 aliphatic rings. The number of carbonyl (C=O) groups is 2. The van der Waals surface area contributed by atoms with Crippen LogP contribution in [0, 0.1) is 6.92 Å². The molecule has 1 atom stereocenters. The van der Waals surface area contributed by atoms with Crippen LogP contribution in [0.3, 0.4) is 0 Å². The molecule has 2 saturated heterocycles. The summed E-state index contributed by atoms with van der Waals surface area (Å²) in [5.74, 6) is -0.0610. The van der Waals surface area contributed by atoms with Crippen molar-refractivity contribution in [2.75, 3.05) is 31.5 Å². The van der Waals surface area contributed by atoms with E-state index in [2.05, 4.69) is 15.5 Å². The van der Waals surface area contributed by atoms with Gasteiger partial charge in [0.2, 0.25) is 0 Å². The van der Waals surface area contributed by atoms with E-state index in [9.17, 15) is 9.59 Å². The van der Waals surface area contributed by atoms with Gasteiger partial charge >= 0.3 is 0 Å². The molecule has 7 heteroatoms. The number of likely N-dealkylation sites (tertiary alicyclic amines) is 2. The van der Waals surface area contributed by atoms with Gasteiger partial charge in [-0.05, 0) is 57.4 Å². The molecule has 2 fully saturated rings. The molecule has 0 saturated carbocycles. The molecule has 0 aliphatic carbocycles. The average molecular weight is 393 g/mol. The predicted molar refractivity (Wildman–Crippen MR) is 111 cm³/mol. The zero-order chi connectivity index (χ0) is 20.4. The fraction of sp³-hybridized carbons (Fsp3) is 0.455. The first-order valence-electron chi connectivity index (χ1n) is 10.3. The highest BCUT2D eigenvalue weighted by Crippen LogP contribution is 2.39. The largest absolute Gasteiger partial charge is 0.385 e. The van der Waals surface area contributed by atoms with Crippen LogP contribution in [0.1, 0.15) is 52.6 Å². The number of anilines is 1. The minimum absolute atomic E-state index is 0.0281. The fourth-order valence-corrected chi connectivity index (χ4v) is 4.61. The van der Waals surface area contributed by atoms with Crippen molar-refractivity contribution >= 4 is 17.5 Å². The normalized spacial score (nSPS) is 21.0. The quantitative estimate of drug-likeness (QED) is 0.864. The average Bonchev–Trinajstić information content (AvgIpc) is 3.36. The van der Waals surface area contributed by atoms with Crippen LogP contribution in [-0.4, -0.2) is 63.5 Å². The zero-order valence-electron chi connectivity index (χ0n) is 17.0. The van der Waals surface area contributed by atoms with Crippen LogP contribution in [0.5, 0.6) is 0 Å². The van der Waals surface area contributed by atoms with E-state index >= 15 is 0 Å². The summed E-state index contributed by atoms with van der Waals surface area (Å²) in [6, 6.07) is 9.36. The minimum Gasteiger partial charge on any atom is -0.385 e. The van der Waals surface area contributed by atoms with Gasteiger partial charge in [0.05, 0.1) is 11.1 Å². The van der Waals surface area contributed by atoms with Gasteiger partial charge in [-0.2, -0.15) is 5.10 Å². The molecule has 1 spiro atoms. The van der Waals surface area contributed by atoms with Gasteiger partial charge in [-0.25, -0.2) is 0 Å². The molecule has 4 rings (SSSR count). The number of hydrogen-bond acceptors (Lipinski definition) is 5. The highest BCUT2D eigenvalue weighted by molar-refractivity contribution is 6.00. The lowest BCUT2D eigenvalue weighted by atomic mass is 9.95. The van der Waals surface area contributed by atoms with E-state index in [0.717, 1.165) is 37.1 Å². The first kappa shape index (κ1) is 19.4. The number of rotatable bonds is 4. The van der Waals surface area contributed by atoms with Gasteiger partial charge in [-0.3, -0.25) is 9.59 Å². The molecule has 7 nitrogen and oxygen atoms in total. The minimum atomic E-state index is -0.299. The molecule has 2 aliphatic heterocycles. The van der Waals surface area contributed by atoms with Crippen LogP contribution in [0.2, 0.25) is 0 Å². The maximum absolute atomic E-state index is 13.3. The first-order valence-corrected chi connectivity index (χ1v) is 10.3. The molecule has 1 N–H and O–H groups in total. The number of nitrogens with one attached hydrogen (secondary N) is 1. The first-order chi connectivity index (χ1) is 14.0. The van der Waals surface area contributed by atoms with Crippen molar-refractivity contribution in [1.82, 2.24) is 20.0 Å². The highest BCUT2D eigenvalue weighted by atomic mass is 16.2. The number of amides is 2. The lowest BCUT2D eigenvalue weighted by Crippen LogP contribution is -2.50. The second-order valence-corrected chi connectivity index (χ2v) is 7.95. The number of carbonyl (C=O) groups excluding carboxylic acids is 2. The SMILES string of the molecule is CCNc1ccc(C)cc1C(=O)N1CCC2(CCCN2C(=O)c2cccnn2)C1. The van der Waals surface area contributed by atoms with E-state index in [1.54, 1.807) is 18.3 Å². The summed E-state index contributed by atoms with van der Waals surface area (Å²) in [5.41, 5.74) is 2.69. The van der Waals surface area contributed by atoms with Crippen molar-refractivity contribution < 1.29 is 9.59 Å². The van der Waals surface area contributed by atoms with E-state index in [1.165, 1.54) is 0 Å². The van der Waals surface area contributed by atoms with Gasteiger partial charge in [0.15, 0.2) is 5.69 Å². The molecule has 1 aromatic carbocycles. The topological polar surface area (TPSA) is 78.4 Å². The fourth-order valence-electron chi connectivity index (χ4n) is 4.61. The van der Waals surface area contributed by atoms with Gasteiger partial charge in [-0.1, -0.05) is 11.6 Å². The number of aryl methyl sites for hydroxylation is 1. The number of nitrogens with zero attached hydrogens (tertiary/aromatic N) is 4. The van der Waals surface area contributed by atoms with E-state index < -0.39 is 0 Å². The third-order valence-corrected chi connectivity index (χ3v) is 6.03. The zero-order valence-corrected chi connectivity index (χ0v) is 17.0. The summed E-state index contributed by atoms with van der Waals surface area (Å²) in [5, 5.41) is 11.1. The lowest BCUT2D eigenvalue weighted by Gasteiger charge is -2.35. The van der Waals surface area contributed by atoms with Crippen LogP contribution in [-0.2, 0) is 0 Å². The maximum atomic E-state index is 13.3. The van der Waals surface area contributed by atoms with Crippen LogP contribution in [0.15, 0.2) is 36.5 Å². The van der Waals surface area contributed by atoms with E-state index in [-0.39, 0.29) is 17.4 Å². The Morgan fingerprint density at radius 2 is 2.03 bits per heavy atom. The second kappa shape index (κ2) is 7.81. The number of aromatic nitrogens is 2. The Morgan fingerprint density at radius 1 is 1.17 bits per heavy atom. The molecule has 29 heavy (non-hydrogen) atoms. The van der Waals surface area contributed by atoms with Crippen LogP contribution >= 0.6 is 0 Å². The molecule has 0 radical (unpaired) electrons. The van der Waals surface area contributed by atoms with Crippen molar-refractivity contribution in [2.45, 2.75) is 38.6 Å². The Morgan fingerprint density at radius 3 is 2.79 bits per heavy atom. The number of hydrogen-bond donors (Lipinski definition) is 1. The highest BCUT2D eigenvalue weighted by Gasteiger charge is 2.49. The molecule has 1 aromatic heterocycles. The standard InChI is InChI=1S/C22H27N5O2/c1-3-23-18-8-7-16(2)14-17(18)20(28)26-13-10-22(15-26)9-5-12-27(22)21(29)19-6-4-11-24-25-19/h4,6-8,11,14,23H,3,5,9-10,12-13,15H2,1-2H3.